The maximum absolute atomic E-state index is 14.0. The lowest BCUT2D eigenvalue weighted by atomic mass is 10.3. The summed E-state index contributed by atoms with van der Waals surface area (Å²) in [5.74, 6) is -0.660. The number of rotatable bonds is 5. The molecule has 0 unspecified atom stereocenters. The SMILES string of the molecule is CC(C)Oc1ccc(S(=O)(=O)N(C)c2ccccc2)cc1F. The molecule has 0 aromatic heterocycles. The number of anilines is 1. The molecule has 0 amide bonds. The molecule has 0 radical (unpaired) electrons. The molecule has 2 aromatic rings. The highest BCUT2D eigenvalue weighted by Crippen LogP contribution is 2.26. The monoisotopic (exact) mass is 323 g/mol. The average Bonchev–Trinajstić information content (AvgIpc) is 2.49. The molecule has 0 aliphatic carbocycles. The highest BCUT2D eigenvalue weighted by atomic mass is 32.2. The molecular formula is C16H18FNO3S. The third kappa shape index (κ3) is 3.39. The Bertz CT molecular complexity index is 745. The lowest BCUT2D eigenvalue weighted by Gasteiger charge is -2.20. The Morgan fingerprint density at radius 2 is 1.73 bits per heavy atom. The van der Waals surface area contributed by atoms with E-state index < -0.39 is 15.8 Å². The second-order valence-corrected chi connectivity index (χ2v) is 7.04. The van der Waals surface area contributed by atoms with Crippen LogP contribution in [0, 0.1) is 5.82 Å². The summed E-state index contributed by atoms with van der Waals surface area (Å²) in [4.78, 5) is -0.118. The molecule has 4 nitrogen and oxygen atoms in total. The van der Waals surface area contributed by atoms with Gasteiger partial charge in [-0.05, 0) is 44.2 Å². The highest BCUT2D eigenvalue weighted by Gasteiger charge is 2.22. The summed E-state index contributed by atoms with van der Waals surface area (Å²) >= 11 is 0. The van der Waals surface area contributed by atoms with Gasteiger partial charge in [-0.25, -0.2) is 12.8 Å². The quantitative estimate of drug-likeness (QED) is 0.847. The minimum absolute atomic E-state index is 0.0383. The van der Waals surface area contributed by atoms with Gasteiger partial charge in [0.15, 0.2) is 11.6 Å². The number of hydrogen-bond acceptors (Lipinski definition) is 3. The van der Waals surface area contributed by atoms with Gasteiger partial charge in [-0.3, -0.25) is 4.31 Å². The van der Waals surface area contributed by atoms with Crippen molar-refractivity contribution in [2.24, 2.45) is 0 Å². The van der Waals surface area contributed by atoms with E-state index in [1.54, 1.807) is 44.2 Å². The van der Waals surface area contributed by atoms with E-state index in [1.807, 2.05) is 0 Å². The molecular weight excluding hydrogens is 305 g/mol. The van der Waals surface area contributed by atoms with Crippen molar-refractivity contribution in [2.75, 3.05) is 11.4 Å². The van der Waals surface area contributed by atoms with Gasteiger partial charge in [-0.1, -0.05) is 18.2 Å². The summed E-state index contributed by atoms with van der Waals surface area (Å²) in [5.41, 5.74) is 0.505. The van der Waals surface area contributed by atoms with Gasteiger partial charge in [0, 0.05) is 7.05 Å². The molecule has 0 saturated heterocycles. The van der Waals surface area contributed by atoms with E-state index in [0.717, 1.165) is 10.4 Å². The molecule has 0 saturated carbocycles. The van der Waals surface area contributed by atoms with Crippen LogP contribution in [0.3, 0.4) is 0 Å². The number of hydrogen-bond donors (Lipinski definition) is 0. The Hall–Kier alpha value is -2.08. The van der Waals surface area contributed by atoms with Crippen LogP contribution in [-0.2, 0) is 10.0 Å². The Morgan fingerprint density at radius 1 is 1.09 bits per heavy atom. The summed E-state index contributed by atoms with van der Waals surface area (Å²) in [5, 5.41) is 0. The highest BCUT2D eigenvalue weighted by molar-refractivity contribution is 7.92. The summed E-state index contributed by atoms with van der Waals surface area (Å²) in [6.07, 6.45) is -0.191. The predicted molar refractivity (Wildman–Crippen MR) is 84.2 cm³/mol. The summed E-state index contributed by atoms with van der Waals surface area (Å²) in [6, 6.07) is 12.3. The molecule has 0 aliphatic rings. The summed E-state index contributed by atoms with van der Waals surface area (Å²) in [7, 11) is -2.39. The second-order valence-electron chi connectivity index (χ2n) is 5.07. The number of halogens is 1. The van der Waals surface area contributed by atoms with Crippen molar-refractivity contribution in [1.29, 1.82) is 0 Å². The van der Waals surface area contributed by atoms with Gasteiger partial charge in [-0.15, -0.1) is 0 Å². The molecule has 0 aliphatic heterocycles. The van der Waals surface area contributed by atoms with Crippen LogP contribution in [0.1, 0.15) is 13.8 Å². The fraction of sp³-hybridized carbons (Fsp3) is 0.250. The maximum Gasteiger partial charge on any atom is 0.264 e. The first-order valence-electron chi connectivity index (χ1n) is 6.82. The van der Waals surface area contributed by atoms with E-state index in [2.05, 4.69) is 0 Å². The first-order chi connectivity index (χ1) is 10.3. The zero-order chi connectivity index (χ0) is 16.3. The largest absolute Gasteiger partial charge is 0.488 e. The first kappa shape index (κ1) is 16.3. The van der Waals surface area contributed by atoms with Crippen molar-refractivity contribution in [3.05, 3.63) is 54.3 Å². The molecule has 0 heterocycles. The third-order valence-corrected chi connectivity index (χ3v) is 4.83. The first-order valence-corrected chi connectivity index (χ1v) is 8.26. The average molecular weight is 323 g/mol. The predicted octanol–water partition coefficient (Wildman–Crippen LogP) is 3.44. The summed E-state index contributed by atoms with van der Waals surface area (Å²) in [6.45, 7) is 3.54. The molecule has 0 atom stereocenters. The molecule has 2 aromatic carbocycles. The number of para-hydroxylation sites is 1. The maximum atomic E-state index is 14.0. The van der Waals surface area contributed by atoms with Crippen molar-refractivity contribution in [3.8, 4) is 5.75 Å². The van der Waals surface area contributed by atoms with Crippen molar-refractivity contribution in [1.82, 2.24) is 0 Å². The van der Waals surface area contributed by atoms with Gasteiger partial charge in [-0.2, -0.15) is 0 Å². The zero-order valence-electron chi connectivity index (χ0n) is 12.7. The molecule has 0 bridgehead atoms. The van der Waals surface area contributed by atoms with E-state index in [4.69, 9.17) is 4.74 Å². The van der Waals surface area contributed by atoms with Gasteiger partial charge >= 0.3 is 0 Å². The van der Waals surface area contributed by atoms with Crippen LogP contribution in [0.2, 0.25) is 0 Å². The van der Waals surface area contributed by atoms with Gasteiger partial charge in [0.1, 0.15) is 0 Å². The number of benzene rings is 2. The smallest absolute Gasteiger partial charge is 0.264 e. The van der Waals surface area contributed by atoms with Crippen LogP contribution in [0.4, 0.5) is 10.1 Å². The Morgan fingerprint density at radius 3 is 2.27 bits per heavy atom. The van der Waals surface area contributed by atoms with Gasteiger partial charge < -0.3 is 4.74 Å². The van der Waals surface area contributed by atoms with Crippen LogP contribution in [0.15, 0.2) is 53.4 Å². The van der Waals surface area contributed by atoms with Crippen LogP contribution < -0.4 is 9.04 Å². The number of ether oxygens (including phenoxy) is 1. The van der Waals surface area contributed by atoms with Gasteiger partial charge in [0.25, 0.3) is 10.0 Å². The fourth-order valence-corrected chi connectivity index (χ4v) is 3.13. The van der Waals surface area contributed by atoms with E-state index in [9.17, 15) is 12.8 Å². The van der Waals surface area contributed by atoms with Gasteiger partial charge in [0.05, 0.1) is 16.7 Å². The van der Waals surface area contributed by atoms with E-state index in [-0.39, 0.29) is 16.7 Å². The number of sulfonamides is 1. The lowest BCUT2D eigenvalue weighted by Crippen LogP contribution is -2.26. The van der Waals surface area contributed by atoms with Crippen LogP contribution in [0.5, 0.6) is 5.75 Å². The molecule has 0 fully saturated rings. The van der Waals surface area contributed by atoms with Crippen molar-refractivity contribution in [3.63, 3.8) is 0 Å². The standard InChI is InChI=1S/C16H18FNO3S/c1-12(2)21-16-10-9-14(11-15(16)17)22(19,20)18(3)13-7-5-4-6-8-13/h4-12H,1-3H3. The third-order valence-electron chi connectivity index (χ3n) is 3.04. The minimum atomic E-state index is -3.82. The van der Waals surface area contributed by atoms with Crippen LogP contribution in [0.25, 0.3) is 0 Å². The van der Waals surface area contributed by atoms with Crippen molar-refractivity contribution >= 4 is 15.7 Å². The Kier molecular flexibility index (Phi) is 4.71. The number of nitrogens with zero attached hydrogens (tertiary/aromatic N) is 1. The molecule has 6 heteroatoms. The van der Waals surface area contributed by atoms with E-state index in [1.165, 1.54) is 19.2 Å². The van der Waals surface area contributed by atoms with Crippen molar-refractivity contribution in [2.45, 2.75) is 24.8 Å². The normalized spacial score (nSPS) is 11.5. The Labute approximate surface area is 130 Å². The Balaban J connectivity index is 2.36. The molecule has 0 N–H and O–H groups in total. The van der Waals surface area contributed by atoms with E-state index >= 15 is 0 Å². The molecule has 0 spiro atoms. The minimum Gasteiger partial charge on any atom is -0.488 e. The lowest BCUT2D eigenvalue weighted by molar-refractivity contribution is 0.231. The van der Waals surface area contributed by atoms with Crippen LogP contribution in [-0.4, -0.2) is 21.6 Å². The second kappa shape index (κ2) is 6.36. The van der Waals surface area contributed by atoms with E-state index in [0.29, 0.717) is 5.69 Å². The topological polar surface area (TPSA) is 46.6 Å². The molecule has 118 valence electrons. The van der Waals surface area contributed by atoms with Crippen LogP contribution >= 0.6 is 0 Å². The fourth-order valence-electron chi connectivity index (χ4n) is 1.93. The van der Waals surface area contributed by atoms with Crippen molar-refractivity contribution < 1.29 is 17.5 Å². The molecule has 2 rings (SSSR count). The zero-order valence-corrected chi connectivity index (χ0v) is 13.5. The summed E-state index contributed by atoms with van der Waals surface area (Å²) < 4.78 is 45.5. The molecule has 22 heavy (non-hydrogen) atoms. The van der Waals surface area contributed by atoms with Gasteiger partial charge in [0.2, 0.25) is 0 Å².